The molecule has 2 aliphatic heterocycles. The molecule has 6 heteroatoms. The van der Waals surface area contributed by atoms with Gasteiger partial charge < -0.3 is 16.4 Å². The van der Waals surface area contributed by atoms with E-state index in [0.29, 0.717) is 25.1 Å². The summed E-state index contributed by atoms with van der Waals surface area (Å²) in [6.07, 6.45) is 6.30. The van der Waals surface area contributed by atoms with Crippen LogP contribution in [0.4, 0.5) is 0 Å². The lowest BCUT2D eigenvalue weighted by atomic mass is 10.0. The van der Waals surface area contributed by atoms with E-state index in [-0.39, 0.29) is 11.9 Å². The van der Waals surface area contributed by atoms with Crippen LogP contribution in [0.2, 0.25) is 0 Å². The first kappa shape index (κ1) is 16.4. The van der Waals surface area contributed by atoms with E-state index in [4.69, 9.17) is 5.73 Å². The van der Waals surface area contributed by atoms with Gasteiger partial charge in [-0.05, 0) is 35.9 Å². The first-order valence-electron chi connectivity index (χ1n) is 8.70. The molecule has 1 aromatic rings. The molecule has 0 unspecified atom stereocenters. The Labute approximate surface area is 151 Å². The first-order valence-corrected chi connectivity index (χ1v) is 8.70. The number of aromatic amines is 1. The minimum Gasteiger partial charge on any atom is -0.387 e. The van der Waals surface area contributed by atoms with Crippen LogP contribution < -0.4 is 16.4 Å². The van der Waals surface area contributed by atoms with Gasteiger partial charge in [-0.1, -0.05) is 30.3 Å². The molecule has 1 aromatic carbocycles. The number of carbonyl (C=O) groups excluding carboxylic acids is 1. The molecule has 132 valence electrons. The van der Waals surface area contributed by atoms with Gasteiger partial charge >= 0.3 is 0 Å². The quantitative estimate of drug-likeness (QED) is 0.567. The Hall–Kier alpha value is -3.12. The van der Waals surface area contributed by atoms with Gasteiger partial charge in [-0.25, -0.2) is 0 Å². The zero-order chi connectivity index (χ0) is 17.9. The van der Waals surface area contributed by atoms with Crippen LogP contribution in [0.3, 0.4) is 0 Å². The Morgan fingerprint density at radius 1 is 1.31 bits per heavy atom. The zero-order valence-electron chi connectivity index (χ0n) is 14.3. The van der Waals surface area contributed by atoms with Gasteiger partial charge in [0.25, 0.3) is 5.91 Å². The number of nitrogens with one attached hydrogen (secondary N) is 3. The van der Waals surface area contributed by atoms with Crippen LogP contribution in [-0.4, -0.2) is 28.7 Å². The topological polar surface area (TPSA) is 95.8 Å². The maximum absolute atomic E-state index is 13.0. The second kappa shape index (κ2) is 7.01. The molecular formula is C20H21N5O. The zero-order valence-corrected chi connectivity index (χ0v) is 14.3. The number of amides is 1. The van der Waals surface area contributed by atoms with E-state index in [9.17, 15) is 4.79 Å². The number of aromatic nitrogens is 2. The molecule has 0 aromatic heterocycles. The van der Waals surface area contributed by atoms with Crippen LogP contribution in [-0.2, 0) is 13.0 Å². The molecular weight excluding hydrogens is 326 g/mol. The van der Waals surface area contributed by atoms with Crippen molar-refractivity contribution in [2.45, 2.75) is 19.0 Å². The summed E-state index contributed by atoms with van der Waals surface area (Å²) in [6, 6.07) is 11.9. The Morgan fingerprint density at radius 3 is 2.96 bits per heavy atom. The predicted molar refractivity (Wildman–Crippen MR) is 102 cm³/mol. The molecule has 2 heterocycles. The van der Waals surface area contributed by atoms with Gasteiger partial charge in [0.05, 0.1) is 5.69 Å². The highest BCUT2D eigenvalue weighted by Crippen LogP contribution is 2.35. The van der Waals surface area contributed by atoms with Gasteiger partial charge in [-0.2, -0.15) is 5.10 Å². The molecule has 6 nitrogen and oxygen atoms in total. The van der Waals surface area contributed by atoms with Crippen molar-refractivity contribution in [2.75, 3.05) is 6.54 Å². The van der Waals surface area contributed by atoms with Crippen LogP contribution in [0.1, 0.15) is 27.2 Å². The van der Waals surface area contributed by atoms with Crippen LogP contribution in [0.15, 0.2) is 48.8 Å². The minimum absolute atomic E-state index is 0.0998. The average molecular weight is 347 g/mol. The van der Waals surface area contributed by atoms with Crippen LogP contribution in [0.5, 0.6) is 0 Å². The summed E-state index contributed by atoms with van der Waals surface area (Å²) in [6.45, 7) is 0.976. The molecule has 5 N–H and O–H groups in total. The monoisotopic (exact) mass is 347 g/mol. The normalized spacial score (nSPS) is 13.9. The average Bonchev–Trinajstić information content (AvgIpc) is 2.90. The molecule has 3 aliphatic rings. The number of hydrogen-bond acceptors (Lipinski definition) is 4. The summed E-state index contributed by atoms with van der Waals surface area (Å²) in [5.74, 6) is -0.0998. The van der Waals surface area contributed by atoms with E-state index in [2.05, 4.69) is 20.8 Å². The van der Waals surface area contributed by atoms with Gasteiger partial charge in [-0.3, -0.25) is 9.89 Å². The highest BCUT2D eigenvalue weighted by Gasteiger charge is 2.25. The van der Waals surface area contributed by atoms with Crippen molar-refractivity contribution < 1.29 is 4.79 Å². The second-order valence-corrected chi connectivity index (χ2v) is 6.45. The highest BCUT2D eigenvalue weighted by atomic mass is 16.1. The SMILES string of the molecule is NC[C@H](Cc1ccccc1)NC(=O)c1cc2c[nH]nc3c-2c1CNC=C3. The van der Waals surface area contributed by atoms with Crippen molar-refractivity contribution in [3.63, 3.8) is 0 Å². The van der Waals surface area contributed by atoms with Crippen molar-refractivity contribution in [1.82, 2.24) is 20.8 Å². The third-order valence-electron chi connectivity index (χ3n) is 4.70. The number of nitrogens with two attached hydrogens (primary N) is 1. The van der Waals surface area contributed by atoms with E-state index < -0.39 is 0 Å². The molecule has 0 fully saturated rings. The number of H-pyrrole nitrogens is 1. The lowest BCUT2D eigenvalue weighted by Gasteiger charge is -2.17. The highest BCUT2D eigenvalue weighted by molar-refractivity contribution is 6.01. The van der Waals surface area contributed by atoms with Crippen LogP contribution in [0, 0.1) is 0 Å². The van der Waals surface area contributed by atoms with Gasteiger partial charge in [0.15, 0.2) is 0 Å². The minimum atomic E-state index is -0.115. The standard InChI is InChI=1S/C20H21N5O/c21-10-15(8-13-4-2-1-3-5-13)24-20(26)16-9-14-11-23-25-18-6-7-22-12-17(16)19(14)18/h1-7,9,11,15,22-23H,8,10,12,21H2,(H,24,26)/t15-/m0/s1. The fraction of sp³-hybridized carbons (Fsp3) is 0.200. The van der Waals surface area contributed by atoms with E-state index in [1.807, 2.05) is 54.9 Å². The van der Waals surface area contributed by atoms with Gasteiger partial charge in [0.2, 0.25) is 0 Å². The van der Waals surface area contributed by atoms with Gasteiger partial charge in [0, 0.05) is 42.0 Å². The molecule has 0 bridgehead atoms. The van der Waals surface area contributed by atoms with Crippen molar-refractivity contribution in [2.24, 2.45) is 5.73 Å². The molecule has 1 atom stereocenters. The summed E-state index contributed by atoms with van der Waals surface area (Å²) < 4.78 is 0. The van der Waals surface area contributed by atoms with E-state index in [1.54, 1.807) is 0 Å². The summed E-state index contributed by atoms with van der Waals surface area (Å²) in [5.41, 5.74) is 11.5. The number of hydrogen-bond donors (Lipinski definition) is 4. The lowest BCUT2D eigenvalue weighted by Crippen LogP contribution is -2.41. The number of benzene rings is 1. The summed E-state index contributed by atoms with van der Waals surface area (Å²) in [5, 5.41) is 13.5. The van der Waals surface area contributed by atoms with E-state index in [0.717, 1.165) is 27.9 Å². The maximum atomic E-state index is 13.0. The van der Waals surface area contributed by atoms with Gasteiger partial charge in [-0.15, -0.1) is 0 Å². The predicted octanol–water partition coefficient (Wildman–Crippen LogP) is 1.89. The first-order chi connectivity index (χ1) is 12.8. The van der Waals surface area contributed by atoms with E-state index in [1.165, 1.54) is 0 Å². The second-order valence-electron chi connectivity index (χ2n) is 6.45. The lowest BCUT2D eigenvalue weighted by molar-refractivity contribution is 0.0937. The van der Waals surface area contributed by atoms with Crippen LogP contribution in [0.25, 0.3) is 17.2 Å². The molecule has 0 saturated carbocycles. The molecule has 0 saturated heterocycles. The third-order valence-corrected chi connectivity index (χ3v) is 4.70. The van der Waals surface area contributed by atoms with Crippen LogP contribution >= 0.6 is 0 Å². The Balaban J connectivity index is 1.60. The van der Waals surface area contributed by atoms with Crippen molar-refractivity contribution in [3.05, 3.63) is 71.2 Å². The van der Waals surface area contributed by atoms with Crippen molar-refractivity contribution in [3.8, 4) is 11.1 Å². The van der Waals surface area contributed by atoms with Crippen molar-refractivity contribution in [1.29, 1.82) is 0 Å². The largest absolute Gasteiger partial charge is 0.387 e. The molecule has 1 aliphatic carbocycles. The van der Waals surface area contributed by atoms with E-state index >= 15 is 0 Å². The molecule has 26 heavy (non-hydrogen) atoms. The smallest absolute Gasteiger partial charge is 0.251 e. The van der Waals surface area contributed by atoms with Gasteiger partial charge in [0.1, 0.15) is 0 Å². The maximum Gasteiger partial charge on any atom is 0.251 e. The summed E-state index contributed by atoms with van der Waals surface area (Å²) in [4.78, 5) is 13.0. The fourth-order valence-electron chi connectivity index (χ4n) is 3.43. The fourth-order valence-corrected chi connectivity index (χ4v) is 3.43. The summed E-state index contributed by atoms with van der Waals surface area (Å²) in [7, 11) is 0. The number of nitrogens with zero attached hydrogens (tertiary/aromatic N) is 1. The molecule has 0 spiro atoms. The third kappa shape index (κ3) is 3.07. The number of carbonyl (C=O) groups is 1. The molecule has 0 radical (unpaired) electrons. The van der Waals surface area contributed by atoms with Crippen molar-refractivity contribution >= 4 is 12.0 Å². The molecule has 1 amide bonds. The Kier molecular flexibility index (Phi) is 4.41. The Bertz CT molecular complexity index is 915. The Morgan fingerprint density at radius 2 is 2.15 bits per heavy atom. The number of rotatable bonds is 5. The molecule has 4 rings (SSSR count). The summed E-state index contributed by atoms with van der Waals surface area (Å²) >= 11 is 0.